The highest BCUT2D eigenvalue weighted by Crippen LogP contribution is 2.24. The summed E-state index contributed by atoms with van der Waals surface area (Å²) in [4.78, 5) is 12.3. The molecule has 0 heterocycles. The smallest absolute Gasteiger partial charge is 0.232 e. The van der Waals surface area contributed by atoms with Crippen LogP contribution in [-0.4, -0.2) is 34.2 Å². The number of para-hydroxylation sites is 1. The van der Waals surface area contributed by atoms with Crippen molar-refractivity contribution in [2.45, 2.75) is 32.8 Å². The molecular weight excluding hydrogens is 376 g/mol. The fourth-order valence-electron chi connectivity index (χ4n) is 3.03. The molecule has 0 saturated heterocycles. The number of sulfonamides is 1. The number of carbonyl (C=O) groups excluding carboxylic acids is 1. The molecule has 0 radical (unpaired) electrons. The van der Waals surface area contributed by atoms with Gasteiger partial charge in [0, 0.05) is 25.8 Å². The molecule has 2 rings (SSSR count). The summed E-state index contributed by atoms with van der Waals surface area (Å²) in [5.41, 5.74) is 3.32. The first kappa shape index (κ1) is 21.9. The van der Waals surface area contributed by atoms with Crippen molar-refractivity contribution in [2.75, 3.05) is 29.5 Å². The van der Waals surface area contributed by atoms with Crippen LogP contribution in [0.1, 0.15) is 30.9 Å². The van der Waals surface area contributed by atoms with Gasteiger partial charge in [0.2, 0.25) is 15.9 Å². The van der Waals surface area contributed by atoms with Gasteiger partial charge in [-0.3, -0.25) is 9.10 Å². The van der Waals surface area contributed by atoms with Crippen LogP contribution in [0.3, 0.4) is 0 Å². The molecule has 1 amide bonds. The molecule has 0 unspecified atom stereocenters. The first-order valence-corrected chi connectivity index (χ1v) is 11.1. The predicted molar refractivity (Wildman–Crippen MR) is 113 cm³/mol. The van der Waals surface area contributed by atoms with Gasteiger partial charge < -0.3 is 10.1 Å². The van der Waals surface area contributed by atoms with Crippen LogP contribution in [0.2, 0.25) is 0 Å². The largest absolute Gasteiger partial charge is 0.380 e. The van der Waals surface area contributed by atoms with Gasteiger partial charge in [0.25, 0.3) is 0 Å². The molecule has 0 saturated carbocycles. The third kappa shape index (κ3) is 6.35. The molecule has 0 aliphatic rings. The topological polar surface area (TPSA) is 75.7 Å². The lowest BCUT2D eigenvalue weighted by Gasteiger charge is -2.24. The van der Waals surface area contributed by atoms with E-state index in [4.69, 9.17) is 4.74 Å². The zero-order valence-electron chi connectivity index (χ0n) is 16.6. The van der Waals surface area contributed by atoms with Crippen molar-refractivity contribution in [3.63, 3.8) is 0 Å². The van der Waals surface area contributed by atoms with Crippen molar-refractivity contribution in [2.24, 2.45) is 0 Å². The van der Waals surface area contributed by atoms with E-state index in [2.05, 4.69) is 5.32 Å². The van der Waals surface area contributed by atoms with Crippen molar-refractivity contribution in [3.8, 4) is 0 Å². The monoisotopic (exact) mass is 404 g/mol. The fourth-order valence-corrected chi connectivity index (χ4v) is 4.03. The molecule has 6 nitrogen and oxygen atoms in total. The van der Waals surface area contributed by atoms with Crippen molar-refractivity contribution >= 4 is 27.3 Å². The lowest BCUT2D eigenvalue weighted by atomic mass is 10.1. The summed E-state index contributed by atoms with van der Waals surface area (Å²) in [5.74, 6) is -0.146. The van der Waals surface area contributed by atoms with Gasteiger partial charge in [-0.2, -0.15) is 0 Å². The number of hydrogen-bond acceptors (Lipinski definition) is 4. The molecule has 2 aromatic rings. The summed E-state index contributed by atoms with van der Waals surface area (Å²) >= 11 is 0. The molecule has 7 heteroatoms. The Labute approximate surface area is 167 Å². The molecular formula is C21H28N2O4S. The van der Waals surface area contributed by atoms with Crippen LogP contribution in [0.5, 0.6) is 0 Å². The predicted octanol–water partition coefficient (Wildman–Crippen LogP) is 3.58. The van der Waals surface area contributed by atoms with E-state index < -0.39 is 10.0 Å². The summed E-state index contributed by atoms with van der Waals surface area (Å²) in [6.45, 7) is 2.72. The van der Waals surface area contributed by atoms with Gasteiger partial charge >= 0.3 is 0 Å². The fraction of sp³-hybridized carbons (Fsp3) is 0.381. The van der Waals surface area contributed by atoms with Crippen molar-refractivity contribution < 1.29 is 17.9 Å². The van der Waals surface area contributed by atoms with Crippen LogP contribution in [0.4, 0.5) is 11.4 Å². The molecule has 0 spiro atoms. The van der Waals surface area contributed by atoms with E-state index in [0.29, 0.717) is 24.4 Å². The minimum absolute atomic E-state index is 0.146. The number of carbonyl (C=O) groups is 1. The Morgan fingerprint density at radius 2 is 1.89 bits per heavy atom. The Hall–Kier alpha value is -2.38. The second-order valence-electron chi connectivity index (χ2n) is 6.60. The number of rotatable bonds is 10. The van der Waals surface area contributed by atoms with E-state index in [9.17, 15) is 13.2 Å². The van der Waals surface area contributed by atoms with Gasteiger partial charge in [0.15, 0.2) is 0 Å². The maximum absolute atomic E-state index is 12.3. The van der Waals surface area contributed by atoms with E-state index in [1.54, 1.807) is 13.2 Å². The molecule has 28 heavy (non-hydrogen) atoms. The summed E-state index contributed by atoms with van der Waals surface area (Å²) in [5, 5.41) is 2.85. The summed E-state index contributed by atoms with van der Waals surface area (Å²) < 4.78 is 31.0. The van der Waals surface area contributed by atoms with Crippen LogP contribution in [0.25, 0.3) is 0 Å². The molecule has 0 aromatic heterocycles. The number of benzene rings is 2. The number of methoxy groups -OCH3 is 1. The first-order chi connectivity index (χ1) is 13.3. The molecule has 1 N–H and O–H groups in total. The Kier molecular flexibility index (Phi) is 8.02. The molecule has 152 valence electrons. The maximum Gasteiger partial charge on any atom is 0.232 e. The van der Waals surface area contributed by atoms with E-state index in [-0.39, 0.29) is 18.9 Å². The highest BCUT2D eigenvalue weighted by Gasteiger charge is 2.19. The van der Waals surface area contributed by atoms with Gasteiger partial charge in [-0.15, -0.1) is 0 Å². The van der Waals surface area contributed by atoms with Crippen LogP contribution in [0, 0.1) is 0 Å². The van der Waals surface area contributed by atoms with Gasteiger partial charge in [-0.1, -0.05) is 37.3 Å². The lowest BCUT2D eigenvalue weighted by molar-refractivity contribution is -0.116. The van der Waals surface area contributed by atoms with Gasteiger partial charge in [0.1, 0.15) is 0 Å². The zero-order chi connectivity index (χ0) is 20.6. The number of nitrogens with one attached hydrogen (secondary N) is 1. The minimum Gasteiger partial charge on any atom is -0.380 e. The number of anilines is 2. The molecule has 0 bridgehead atoms. The summed E-state index contributed by atoms with van der Waals surface area (Å²) in [7, 11) is -1.81. The molecule has 0 fully saturated rings. The number of nitrogens with zero attached hydrogens (tertiary/aromatic N) is 1. The SMILES string of the molecule is CCc1ccccc1N(CCCC(=O)Nc1cccc(COC)c1)S(C)(=O)=O. The van der Waals surface area contributed by atoms with Crippen molar-refractivity contribution in [3.05, 3.63) is 59.7 Å². The minimum atomic E-state index is -3.43. The quantitative estimate of drug-likeness (QED) is 0.657. The standard InChI is InChI=1S/C21H28N2O4S/c1-4-18-10-5-6-12-20(18)23(28(3,25)26)14-8-13-21(24)22-19-11-7-9-17(15-19)16-27-2/h5-7,9-12,15H,4,8,13-14,16H2,1-3H3,(H,22,24). The van der Waals surface area contributed by atoms with E-state index >= 15 is 0 Å². The maximum atomic E-state index is 12.3. The number of hydrogen-bond donors (Lipinski definition) is 1. The molecule has 0 aliphatic carbocycles. The van der Waals surface area contributed by atoms with Crippen LogP contribution in [0.15, 0.2) is 48.5 Å². The highest BCUT2D eigenvalue weighted by atomic mass is 32.2. The van der Waals surface area contributed by atoms with E-state index in [0.717, 1.165) is 17.5 Å². The van der Waals surface area contributed by atoms with E-state index in [1.165, 1.54) is 10.6 Å². The second kappa shape index (κ2) is 10.2. The molecule has 2 aromatic carbocycles. The molecule has 0 atom stereocenters. The average Bonchev–Trinajstić information content (AvgIpc) is 2.65. The number of ether oxygens (including phenoxy) is 1. The van der Waals surface area contributed by atoms with Crippen LogP contribution in [-0.2, 0) is 32.6 Å². The third-order valence-electron chi connectivity index (χ3n) is 4.33. The zero-order valence-corrected chi connectivity index (χ0v) is 17.5. The Morgan fingerprint density at radius 1 is 1.14 bits per heavy atom. The van der Waals surface area contributed by atoms with Crippen LogP contribution < -0.4 is 9.62 Å². The van der Waals surface area contributed by atoms with Crippen molar-refractivity contribution in [1.29, 1.82) is 0 Å². The Bertz CT molecular complexity index is 897. The number of aryl methyl sites for hydroxylation is 1. The summed E-state index contributed by atoms with van der Waals surface area (Å²) in [6, 6.07) is 14.9. The van der Waals surface area contributed by atoms with Gasteiger partial charge in [-0.25, -0.2) is 8.42 Å². The Morgan fingerprint density at radius 3 is 2.57 bits per heavy atom. The molecule has 0 aliphatic heterocycles. The van der Waals surface area contributed by atoms with Crippen LogP contribution >= 0.6 is 0 Å². The normalized spacial score (nSPS) is 11.2. The highest BCUT2D eigenvalue weighted by molar-refractivity contribution is 7.92. The first-order valence-electron chi connectivity index (χ1n) is 9.28. The van der Waals surface area contributed by atoms with Crippen molar-refractivity contribution in [1.82, 2.24) is 0 Å². The second-order valence-corrected chi connectivity index (χ2v) is 8.51. The van der Waals surface area contributed by atoms with Gasteiger partial charge in [-0.05, 0) is 42.2 Å². The summed E-state index contributed by atoms with van der Waals surface area (Å²) in [6.07, 6.45) is 2.59. The third-order valence-corrected chi connectivity index (χ3v) is 5.51. The van der Waals surface area contributed by atoms with Gasteiger partial charge in [0.05, 0.1) is 18.6 Å². The Balaban J connectivity index is 1.99. The van der Waals surface area contributed by atoms with E-state index in [1.807, 2.05) is 49.4 Å². The number of amides is 1. The lowest BCUT2D eigenvalue weighted by Crippen LogP contribution is -2.32. The average molecular weight is 405 g/mol.